The first kappa shape index (κ1) is 21.3. The zero-order valence-corrected chi connectivity index (χ0v) is 19.1. The van der Waals surface area contributed by atoms with Crippen LogP contribution in [0.4, 0.5) is 5.82 Å². The molecule has 6 heteroatoms. The van der Waals surface area contributed by atoms with Gasteiger partial charge in [-0.1, -0.05) is 37.5 Å². The van der Waals surface area contributed by atoms with Crippen LogP contribution < -0.4 is 10.2 Å². The third kappa shape index (κ3) is 4.48. The van der Waals surface area contributed by atoms with Crippen molar-refractivity contribution in [3.05, 3.63) is 48.4 Å². The number of hydrogen-bond donors (Lipinski definition) is 1. The van der Waals surface area contributed by atoms with E-state index in [1.807, 2.05) is 32.5 Å². The van der Waals surface area contributed by atoms with E-state index < -0.39 is 0 Å². The molecule has 1 aliphatic heterocycles. The molecule has 0 radical (unpaired) electrons. The molecule has 1 saturated heterocycles. The topological polar surface area (TPSA) is 63.2 Å². The van der Waals surface area contributed by atoms with Crippen molar-refractivity contribution in [3.63, 3.8) is 0 Å². The van der Waals surface area contributed by atoms with Gasteiger partial charge in [0, 0.05) is 49.4 Å². The van der Waals surface area contributed by atoms with E-state index in [-0.39, 0.29) is 6.10 Å². The summed E-state index contributed by atoms with van der Waals surface area (Å²) in [4.78, 5) is 16.6. The molecule has 0 unspecified atom stereocenters. The van der Waals surface area contributed by atoms with Gasteiger partial charge >= 0.3 is 0 Å². The average Bonchev–Trinajstić information content (AvgIpc) is 2.84. The smallest absolute Gasteiger partial charge is 0.138 e. The molecule has 5 rings (SSSR count). The first-order valence-corrected chi connectivity index (χ1v) is 11.9. The van der Waals surface area contributed by atoms with E-state index in [2.05, 4.69) is 44.5 Å². The van der Waals surface area contributed by atoms with Crippen molar-refractivity contribution in [3.8, 4) is 11.3 Å². The van der Waals surface area contributed by atoms with Crippen molar-refractivity contribution in [1.82, 2.24) is 20.3 Å². The first-order chi connectivity index (χ1) is 15.7. The second-order valence-electron chi connectivity index (χ2n) is 9.21. The number of nitrogens with one attached hydrogen (secondary N) is 1. The molecule has 3 aromatic rings. The number of aryl methyl sites for hydroxylation is 1. The molecule has 3 heterocycles. The maximum atomic E-state index is 5.99. The third-order valence-electron chi connectivity index (χ3n) is 6.98. The normalized spacial score (nSPS) is 22.4. The van der Waals surface area contributed by atoms with Gasteiger partial charge < -0.3 is 15.0 Å². The van der Waals surface area contributed by atoms with Crippen LogP contribution >= 0.6 is 0 Å². The summed E-state index contributed by atoms with van der Waals surface area (Å²) < 4.78 is 5.99. The standard InChI is InChI=1S/C26H33N5O/c1-18-15-28-24(16-27-18)21-14-19-8-6-7-11-22(19)30-26(21)31-13-12-23(25(17-31)32-2)29-20-9-4-3-5-10-20/h6-8,11,14-16,20,23,25,29H,3-5,9-10,12-13,17H2,1-2H3/t23-,25+/m1/s1. The van der Waals surface area contributed by atoms with Crippen LogP contribution in [-0.4, -0.2) is 53.3 Å². The molecule has 168 valence electrons. The summed E-state index contributed by atoms with van der Waals surface area (Å²) >= 11 is 0. The molecular formula is C26H33N5O. The van der Waals surface area contributed by atoms with Crippen LogP contribution in [0.3, 0.4) is 0 Å². The van der Waals surface area contributed by atoms with Crippen LogP contribution in [0, 0.1) is 6.92 Å². The first-order valence-electron chi connectivity index (χ1n) is 11.9. The number of rotatable bonds is 5. The lowest BCUT2D eigenvalue weighted by Gasteiger charge is -2.41. The number of ether oxygens (including phenoxy) is 1. The van der Waals surface area contributed by atoms with Crippen LogP contribution in [0.2, 0.25) is 0 Å². The molecule has 2 aromatic heterocycles. The highest BCUT2D eigenvalue weighted by Crippen LogP contribution is 2.33. The number of nitrogens with zero attached hydrogens (tertiary/aromatic N) is 4. The summed E-state index contributed by atoms with van der Waals surface area (Å²) in [6.07, 6.45) is 11.5. The Morgan fingerprint density at radius 2 is 1.88 bits per heavy atom. The molecule has 1 saturated carbocycles. The molecule has 6 nitrogen and oxygen atoms in total. The van der Waals surface area contributed by atoms with Crippen molar-refractivity contribution in [2.24, 2.45) is 0 Å². The molecule has 0 spiro atoms. The van der Waals surface area contributed by atoms with Crippen LogP contribution in [0.15, 0.2) is 42.7 Å². The number of pyridine rings is 1. The van der Waals surface area contributed by atoms with Gasteiger partial charge in [-0.15, -0.1) is 0 Å². The van der Waals surface area contributed by atoms with E-state index in [0.29, 0.717) is 12.1 Å². The minimum Gasteiger partial charge on any atom is -0.378 e. The number of benzene rings is 1. The van der Waals surface area contributed by atoms with Crippen LogP contribution in [-0.2, 0) is 4.74 Å². The van der Waals surface area contributed by atoms with E-state index in [1.54, 1.807) is 0 Å². The van der Waals surface area contributed by atoms with Crippen LogP contribution in [0.5, 0.6) is 0 Å². The van der Waals surface area contributed by atoms with E-state index in [9.17, 15) is 0 Å². The lowest BCUT2D eigenvalue weighted by molar-refractivity contribution is 0.0534. The van der Waals surface area contributed by atoms with Gasteiger partial charge in [0.15, 0.2) is 0 Å². The lowest BCUT2D eigenvalue weighted by atomic mass is 9.92. The molecular weight excluding hydrogens is 398 g/mol. The average molecular weight is 432 g/mol. The molecule has 0 bridgehead atoms. The molecule has 1 aliphatic carbocycles. The Kier molecular flexibility index (Phi) is 6.32. The summed E-state index contributed by atoms with van der Waals surface area (Å²) in [5.74, 6) is 0.972. The van der Waals surface area contributed by atoms with Gasteiger partial charge in [0.2, 0.25) is 0 Å². The predicted octanol–water partition coefficient (Wildman–Crippen LogP) is 4.52. The molecule has 2 aliphatic rings. The van der Waals surface area contributed by atoms with Gasteiger partial charge in [0.1, 0.15) is 5.82 Å². The summed E-state index contributed by atoms with van der Waals surface area (Å²) in [5, 5.41) is 5.04. The van der Waals surface area contributed by atoms with Gasteiger partial charge in [0.25, 0.3) is 0 Å². The van der Waals surface area contributed by atoms with Crippen molar-refractivity contribution >= 4 is 16.7 Å². The largest absolute Gasteiger partial charge is 0.378 e. The van der Waals surface area contributed by atoms with E-state index in [0.717, 1.165) is 53.2 Å². The molecule has 32 heavy (non-hydrogen) atoms. The van der Waals surface area contributed by atoms with Crippen LogP contribution in [0.1, 0.15) is 44.2 Å². The Hall–Kier alpha value is -2.57. The highest BCUT2D eigenvalue weighted by Gasteiger charge is 2.33. The number of anilines is 1. The fourth-order valence-electron chi connectivity index (χ4n) is 5.18. The lowest BCUT2D eigenvalue weighted by Crippen LogP contribution is -2.56. The highest BCUT2D eigenvalue weighted by molar-refractivity contribution is 5.88. The molecule has 1 aromatic carbocycles. The summed E-state index contributed by atoms with van der Waals surface area (Å²) in [7, 11) is 1.84. The summed E-state index contributed by atoms with van der Waals surface area (Å²) in [5.41, 5.74) is 3.81. The minimum absolute atomic E-state index is 0.135. The molecule has 2 atom stereocenters. The number of hydrogen-bond acceptors (Lipinski definition) is 6. The van der Waals surface area contributed by atoms with Crippen molar-refractivity contribution in [2.75, 3.05) is 25.1 Å². The van der Waals surface area contributed by atoms with Gasteiger partial charge in [-0.05, 0) is 38.3 Å². The van der Waals surface area contributed by atoms with Gasteiger partial charge in [-0.25, -0.2) is 4.98 Å². The Bertz CT molecular complexity index is 1050. The van der Waals surface area contributed by atoms with E-state index >= 15 is 0 Å². The second kappa shape index (κ2) is 9.51. The second-order valence-corrected chi connectivity index (χ2v) is 9.21. The summed E-state index contributed by atoms with van der Waals surface area (Å²) in [6.45, 7) is 3.73. The Morgan fingerprint density at radius 3 is 2.66 bits per heavy atom. The quantitative estimate of drug-likeness (QED) is 0.641. The van der Waals surface area contributed by atoms with Crippen molar-refractivity contribution in [2.45, 2.75) is 63.6 Å². The molecule has 1 N–H and O–H groups in total. The molecule has 0 amide bonds. The van der Waals surface area contributed by atoms with Crippen LogP contribution in [0.25, 0.3) is 22.2 Å². The SMILES string of the molecule is CO[C@H]1CN(c2nc3ccccc3cc2-c2cnc(C)cn2)CC[C@H]1NC1CCCCC1. The van der Waals surface area contributed by atoms with E-state index in [1.165, 1.54) is 32.1 Å². The zero-order chi connectivity index (χ0) is 21.9. The zero-order valence-electron chi connectivity index (χ0n) is 19.1. The predicted molar refractivity (Wildman–Crippen MR) is 129 cm³/mol. The number of methoxy groups -OCH3 is 1. The Balaban J connectivity index is 1.44. The number of piperidine rings is 1. The maximum absolute atomic E-state index is 5.99. The van der Waals surface area contributed by atoms with E-state index in [4.69, 9.17) is 9.72 Å². The fourth-order valence-corrected chi connectivity index (χ4v) is 5.18. The number of fused-ring (bicyclic) bond motifs is 1. The highest BCUT2D eigenvalue weighted by atomic mass is 16.5. The summed E-state index contributed by atoms with van der Waals surface area (Å²) in [6, 6.07) is 11.5. The minimum atomic E-state index is 0.135. The Morgan fingerprint density at radius 1 is 1.03 bits per heavy atom. The van der Waals surface area contributed by atoms with Crippen molar-refractivity contribution in [1.29, 1.82) is 0 Å². The molecule has 2 fully saturated rings. The maximum Gasteiger partial charge on any atom is 0.138 e. The number of aromatic nitrogens is 3. The fraction of sp³-hybridized carbons (Fsp3) is 0.500. The van der Waals surface area contributed by atoms with Gasteiger partial charge in [-0.3, -0.25) is 9.97 Å². The van der Waals surface area contributed by atoms with Crippen molar-refractivity contribution < 1.29 is 4.74 Å². The Labute approximate surface area is 190 Å². The monoisotopic (exact) mass is 431 g/mol. The van der Waals surface area contributed by atoms with Gasteiger partial charge in [0.05, 0.1) is 29.2 Å². The number of para-hydroxylation sites is 1. The van der Waals surface area contributed by atoms with Gasteiger partial charge in [-0.2, -0.15) is 0 Å². The third-order valence-corrected chi connectivity index (χ3v) is 6.98.